The molecule has 0 saturated carbocycles. The van der Waals surface area contributed by atoms with Crippen molar-refractivity contribution < 1.29 is 13.2 Å². The second kappa shape index (κ2) is 6.96. The first-order valence-corrected chi connectivity index (χ1v) is 9.63. The topological polar surface area (TPSA) is 59.2 Å². The van der Waals surface area contributed by atoms with E-state index in [1.54, 1.807) is 6.20 Å². The molecule has 1 saturated heterocycles. The lowest BCUT2D eigenvalue weighted by atomic mass is 9.95. The van der Waals surface area contributed by atoms with Crippen molar-refractivity contribution in [3.8, 4) is 0 Å². The molecule has 1 atom stereocenters. The average molecular weight is 404 g/mol. The third-order valence-electron chi connectivity index (χ3n) is 5.18. The molecule has 29 heavy (non-hydrogen) atoms. The standard InChI is InChI=1S/C20H23F3N6/c1-19(2,3)18-24-9-8-15(25-18)28-10-4-5-13(11-28)17-27-26-16-7-6-14(12-29(16)17)20(21,22)23/h6-9,12-13H,4-5,10-11H2,1-3H3. The average Bonchev–Trinajstić information content (AvgIpc) is 3.10. The predicted octanol–water partition coefficient (Wildman–Crippen LogP) is 4.22. The lowest BCUT2D eigenvalue weighted by Gasteiger charge is -2.33. The summed E-state index contributed by atoms with van der Waals surface area (Å²) in [6, 6.07) is 4.27. The van der Waals surface area contributed by atoms with Gasteiger partial charge in [-0.1, -0.05) is 20.8 Å². The quantitative estimate of drug-likeness (QED) is 0.640. The van der Waals surface area contributed by atoms with Crippen molar-refractivity contribution >= 4 is 11.5 Å². The first-order chi connectivity index (χ1) is 13.6. The van der Waals surface area contributed by atoms with Crippen LogP contribution in [0.5, 0.6) is 0 Å². The molecule has 1 aliphatic rings. The number of pyridine rings is 1. The minimum absolute atomic E-state index is 0.0321. The van der Waals surface area contributed by atoms with Gasteiger partial charge in [-0.25, -0.2) is 9.97 Å². The van der Waals surface area contributed by atoms with Crippen molar-refractivity contribution in [2.45, 2.75) is 51.1 Å². The monoisotopic (exact) mass is 404 g/mol. The molecule has 3 aromatic rings. The summed E-state index contributed by atoms with van der Waals surface area (Å²) in [7, 11) is 0. The van der Waals surface area contributed by atoms with Crippen LogP contribution in [0.1, 0.15) is 56.7 Å². The molecule has 0 aromatic carbocycles. The highest BCUT2D eigenvalue weighted by molar-refractivity contribution is 5.43. The number of aromatic nitrogens is 5. The maximum atomic E-state index is 13.1. The maximum absolute atomic E-state index is 13.1. The number of hydrogen-bond donors (Lipinski definition) is 0. The summed E-state index contributed by atoms with van der Waals surface area (Å²) in [4.78, 5) is 11.2. The van der Waals surface area contributed by atoms with Crippen LogP contribution in [-0.2, 0) is 11.6 Å². The second-order valence-corrected chi connectivity index (χ2v) is 8.48. The third-order valence-corrected chi connectivity index (χ3v) is 5.18. The van der Waals surface area contributed by atoms with E-state index in [0.717, 1.165) is 43.3 Å². The second-order valence-electron chi connectivity index (χ2n) is 8.48. The zero-order valence-electron chi connectivity index (χ0n) is 16.6. The summed E-state index contributed by atoms with van der Waals surface area (Å²) >= 11 is 0. The van der Waals surface area contributed by atoms with Gasteiger partial charge in [-0.15, -0.1) is 10.2 Å². The van der Waals surface area contributed by atoms with Crippen LogP contribution in [0.25, 0.3) is 5.65 Å². The van der Waals surface area contributed by atoms with Crippen molar-refractivity contribution in [3.63, 3.8) is 0 Å². The summed E-state index contributed by atoms with van der Waals surface area (Å²) in [6.07, 6.45) is 0.178. The minimum atomic E-state index is -4.40. The van der Waals surface area contributed by atoms with Gasteiger partial charge >= 0.3 is 6.18 Å². The van der Waals surface area contributed by atoms with Crippen LogP contribution in [-0.4, -0.2) is 37.7 Å². The Morgan fingerprint density at radius 1 is 1.07 bits per heavy atom. The first-order valence-electron chi connectivity index (χ1n) is 9.63. The van der Waals surface area contributed by atoms with E-state index in [1.165, 1.54) is 10.5 Å². The fourth-order valence-electron chi connectivity index (χ4n) is 3.64. The van der Waals surface area contributed by atoms with Gasteiger partial charge < -0.3 is 4.90 Å². The number of piperidine rings is 1. The van der Waals surface area contributed by atoms with Crippen LogP contribution in [0.4, 0.5) is 19.0 Å². The molecule has 0 bridgehead atoms. The van der Waals surface area contributed by atoms with E-state index in [2.05, 4.69) is 40.9 Å². The molecule has 0 spiro atoms. The number of alkyl halides is 3. The molecular weight excluding hydrogens is 381 g/mol. The lowest BCUT2D eigenvalue weighted by Crippen LogP contribution is -2.36. The van der Waals surface area contributed by atoms with E-state index < -0.39 is 11.7 Å². The fraction of sp³-hybridized carbons (Fsp3) is 0.500. The zero-order valence-corrected chi connectivity index (χ0v) is 16.6. The van der Waals surface area contributed by atoms with Crippen molar-refractivity contribution in [2.24, 2.45) is 0 Å². The van der Waals surface area contributed by atoms with Crippen LogP contribution >= 0.6 is 0 Å². The molecule has 9 heteroatoms. The highest BCUT2D eigenvalue weighted by atomic mass is 19.4. The van der Waals surface area contributed by atoms with Crippen molar-refractivity contribution in [2.75, 3.05) is 18.0 Å². The van der Waals surface area contributed by atoms with Crippen LogP contribution in [0.15, 0.2) is 30.6 Å². The van der Waals surface area contributed by atoms with E-state index in [1.807, 2.05) is 6.07 Å². The Hall–Kier alpha value is -2.71. The Morgan fingerprint density at radius 2 is 1.86 bits per heavy atom. The van der Waals surface area contributed by atoms with Gasteiger partial charge in [0.15, 0.2) is 5.65 Å². The van der Waals surface area contributed by atoms with E-state index in [4.69, 9.17) is 4.98 Å². The number of fused-ring (bicyclic) bond motifs is 1. The molecule has 4 heterocycles. The SMILES string of the molecule is CC(C)(C)c1nccc(N2CCCC(c3nnc4ccc(C(F)(F)F)cn34)C2)n1. The molecule has 1 fully saturated rings. The molecule has 0 radical (unpaired) electrons. The summed E-state index contributed by atoms with van der Waals surface area (Å²) in [5.74, 6) is 2.12. The van der Waals surface area contributed by atoms with Crippen LogP contribution < -0.4 is 4.90 Å². The van der Waals surface area contributed by atoms with Gasteiger partial charge in [-0.05, 0) is 31.0 Å². The molecule has 1 aliphatic heterocycles. The van der Waals surface area contributed by atoms with Crippen molar-refractivity contribution in [3.05, 3.63) is 47.8 Å². The number of halogens is 3. The van der Waals surface area contributed by atoms with Gasteiger partial charge in [0.05, 0.1) is 5.56 Å². The summed E-state index contributed by atoms with van der Waals surface area (Å²) in [6.45, 7) is 7.64. The van der Waals surface area contributed by atoms with E-state index in [9.17, 15) is 13.2 Å². The van der Waals surface area contributed by atoms with Gasteiger partial charge in [0.2, 0.25) is 0 Å². The highest BCUT2D eigenvalue weighted by Gasteiger charge is 2.32. The molecule has 0 amide bonds. The largest absolute Gasteiger partial charge is 0.417 e. The van der Waals surface area contributed by atoms with E-state index in [-0.39, 0.29) is 11.3 Å². The molecule has 0 aliphatic carbocycles. The number of anilines is 1. The summed E-state index contributed by atoms with van der Waals surface area (Å²) in [5.41, 5.74) is -0.450. The normalized spacial score (nSPS) is 18.4. The third kappa shape index (κ3) is 3.90. The van der Waals surface area contributed by atoms with Gasteiger partial charge in [0.25, 0.3) is 0 Å². The van der Waals surface area contributed by atoms with Gasteiger partial charge in [0, 0.05) is 36.8 Å². The Morgan fingerprint density at radius 3 is 2.59 bits per heavy atom. The molecule has 1 unspecified atom stereocenters. The molecule has 4 rings (SSSR count). The Bertz CT molecular complexity index is 1020. The van der Waals surface area contributed by atoms with Crippen LogP contribution in [0.3, 0.4) is 0 Å². The Labute approximate surface area is 166 Å². The van der Waals surface area contributed by atoms with Gasteiger partial charge in [0.1, 0.15) is 17.5 Å². The molecule has 3 aromatic heterocycles. The summed E-state index contributed by atoms with van der Waals surface area (Å²) < 4.78 is 40.9. The Balaban J connectivity index is 1.64. The molecular formula is C20H23F3N6. The van der Waals surface area contributed by atoms with E-state index in [0.29, 0.717) is 18.0 Å². The number of nitrogens with zero attached hydrogens (tertiary/aromatic N) is 6. The van der Waals surface area contributed by atoms with Crippen molar-refractivity contribution in [1.29, 1.82) is 0 Å². The van der Waals surface area contributed by atoms with Crippen LogP contribution in [0.2, 0.25) is 0 Å². The number of rotatable bonds is 2. The minimum Gasteiger partial charge on any atom is -0.356 e. The smallest absolute Gasteiger partial charge is 0.356 e. The number of hydrogen-bond acceptors (Lipinski definition) is 5. The molecule has 6 nitrogen and oxygen atoms in total. The van der Waals surface area contributed by atoms with E-state index >= 15 is 0 Å². The Kier molecular flexibility index (Phi) is 4.71. The summed E-state index contributed by atoms with van der Waals surface area (Å²) in [5, 5.41) is 8.28. The maximum Gasteiger partial charge on any atom is 0.417 e. The van der Waals surface area contributed by atoms with Crippen LogP contribution in [0, 0.1) is 0 Å². The lowest BCUT2D eigenvalue weighted by molar-refractivity contribution is -0.137. The highest BCUT2D eigenvalue weighted by Crippen LogP contribution is 2.32. The first kappa shape index (κ1) is 19.6. The zero-order chi connectivity index (χ0) is 20.8. The predicted molar refractivity (Wildman–Crippen MR) is 103 cm³/mol. The fourth-order valence-corrected chi connectivity index (χ4v) is 3.64. The molecule has 0 N–H and O–H groups in total. The van der Waals surface area contributed by atoms with Gasteiger partial charge in [-0.2, -0.15) is 13.2 Å². The molecule has 154 valence electrons. The van der Waals surface area contributed by atoms with Crippen molar-refractivity contribution in [1.82, 2.24) is 24.6 Å². The van der Waals surface area contributed by atoms with Gasteiger partial charge in [-0.3, -0.25) is 4.40 Å².